The van der Waals surface area contributed by atoms with Gasteiger partial charge in [-0.15, -0.1) is 0 Å². The first-order valence-corrected chi connectivity index (χ1v) is 10.9. The van der Waals surface area contributed by atoms with Gasteiger partial charge in [0.2, 0.25) is 0 Å². The predicted octanol–water partition coefficient (Wildman–Crippen LogP) is 3.47. The summed E-state index contributed by atoms with van der Waals surface area (Å²) in [5, 5.41) is 4.07. The first-order chi connectivity index (χ1) is 14.4. The van der Waals surface area contributed by atoms with Gasteiger partial charge in [-0.2, -0.15) is 0 Å². The van der Waals surface area contributed by atoms with Crippen molar-refractivity contribution in [2.45, 2.75) is 17.1 Å². The largest absolute Gasteiger partial charge is 0.384 e. The summed E-state index contributed by atoms with van der Waals surface area (Å²) in [5.74, 6) is 1.07. The van der Waals surface area contributed by atoms with Crippen molar-refractivity contribution in [3.63, 3.8) is 0 Å². The average Bonchev–Trinajstić information content (AvgIpc) is 3.17. The lowest BCUT2D eigenvalue weighted by Gasteiger charge is -2.06. The predicted molar refractivity (Wildman–Crippen MR) is 115 cm³/mol. The summed E-state index contributed by atoms with van der Waals surface area (Å²) in [5.41, 5.74) is 14.5. The van der Waals surface area contributed by atoms with Gasteiger partial charge < -0.3 is 16.0 Å². The average molecular weight is 420 g/mol. The van der Waals surface area contributed by atoms with Crippen LogP contribution in [0.2, 0.25) is 0 Å². The van der Waals surface area contributed by atoms with Crippen molar-refractivity contribution in [1.82, 2.24) is 10.1 Å². The first kappa shape index (κ1) is 19.7. The van der Waals surface area contributed by atoms with E-state index in [0.717, 1.165) is 11.1 Å². The highest BCUT2D eigenvalue weighted by molar-refractivity contribution is 7.90. The number of hydrogen-bond acceptors (Lipinski definition) is 7. The van der Waals surface area contributed by atoms with Crippen LogP contribution in [0.25, 0.3) is 11.3 Å². The highest BCUT2D eigenvalue weighted by atomic mass is 32.2. The molecule has 0 aliphatic rings. The quantitative estimate of drug-likeness (QED) is 0.489. The van der Waals surface area contributed by atoms with E-state index in [-0.39, 0.29) is 16.5 Å². The molecular formula is C22H20N4O3S. The van der Waals surface area contributed by atoms with Crippen molar-refractivity contribution in [2.24, 2.45) is 0 Å². The van der Waals surface area contributed by atoms with Crippen LogP contribution in [0.15, 0.2) is 82.2 Å². The number of aromatic nitrogens is 2. The lowest BCUT2D eigenvalue weighted by atomic mass is 10.1. The van der Waals surface area contributed by atoms with Gasteiger partial charge >= 0.3 is 0 Å². The Hall–Kier alpha value is -3.65. The number of nitrogens with zero attached hydrogens (tertiary/aromatic N) is 2. The minimum atomic E-state index is -3.41. The Morgan fingerprint density at radius 3 is 2.30 bits per heavy atom. The van der Waals surface area contributed by atoms with Crippen LogP contribution < -0.4 is 11.5 Å². The maximum absolute atomic E-state index is 12.6. The van der Waals surface area contributed by atoms with Crippen molar-refractivity contribution >= 4 is 21.5 Å². The fourth-order valence-electron chi connectivity index (χ4n) is 3.12. The van der Waals surface area contributed by atoms with Gasteiger partial charge in [-0.1, -0.05) is 47.6 Å². The molecular weight excluding hydrogens is 400 g/mol. The third-order valence-electron chi connectivity index (χ3n) is 4.64. The molecule has 0 spiro atoms. The van der Waals surface area contributed by atoms with Crippen LogP contribution in [0.3, 0.4) is 0 Å². The second-order valence-corrected chi connectivity index (χ2v) is 8.91. The Labute approximate surface area is 174 Å². The molecule has 0 saturated heterocycles. The van der Waals surface area contributed by atoms with Gasteiger partial charge in [-0.3, -0.25) is 0 Å². The molecule has 7 nitrogen and oxygen atoms in total. The molecule has 2 aromatic heterocycles. The summed E-state index contributed by atoms with van der Waals surface area (Å²) in [4.78, 5) is 4.31. The van der Waals surface area contributed by atoms with Crippen molar-refractivity contribution < 1.29 is 12.9 Å². The van der Waals surface area contributed by atoms with E-state index in [1.807, 2.05) is 18.2 Å². The molecule has 152 valence electrons. The van der Waals surface area contributed by atoms with Crippen LogP contribution in [0.4, 0.5) is 11.6 Å². The van der Waals surface area contributed by atoms with Gasteiger partial charge in [0.1, 0.15) is 11.6 Å². The van der Waals surface area contributed by atoms with Crippen molar-refractivity contribution in [3.8, 4) is 11.3 Å². The van der Waals surface area contributed by atoms with E-state index in [2.05, 4.69) is 10.1 Å². The molecule has 0 fully saturated rings. The molecule has 0 unspecified atom stereocenters. The molecule has 2 heterocycles. The normalized spacial score (nSPS) is 11.5. The van der Waals surface area contributed by atoms with E-state index >= 15 is 0 Å². The minimum absolute atomic E-state index is 0.0309. The fraction of sp³-hybridized carbons (Fsp3) is 0.0909. The van der Waals surface area contributed by atoms with E-state index in [9.17, 15) is 8.42 Å². The first-order valence-electron chi connectivity index (χ1n) is 9.24. The number of benzene rings is 2. The SMILES string of the molecule is Nc1ccc(-c2cc(Cc3ccc(S(=O)(=O)Cc4ccccc4)cc3)no2)c(N)n1. The zero-order valence-electron chi connectivity index (χ0n) is 16.0. The molecule has 8 heteroatoms. The van der Waals surface area contributed by atoms with Crippen LogP contribution >= 0.6 is 0 Å². The van der Waals surface area contributed by atoms with Crippen LogP contribution in [0.5, 0.6) is 0 Å². The molecule has 0 amide bonds. The number of pyridine rings is 1. The van der Waals surface area contributed by atoms with Crippen molar-refractivity contribution in [3.05, 3.63) is 89.6 Å². The number of rotatable bonds is 6. The number of anilines is 2. The summed E-state index contributed by atoms with van der Waals surface area (Å²) < 4.78 is 30.6. The fourth-order valence-corrected chi connectivity index (χ4v) is 4.47. The molecule has 4 rings (SSSR count). The molecule has 2 aromatic carbocycles. The number of hydrogen-bond donors (Lipinski definition) is 2. The van der Waals surface area contributed by atoms with E-state index in [4.69, 9.17) is 16.0 Å². The third-order valence-corrected chi connectivity index (χ3v) is 6.34. The zero-order valence-corrected chi connectivity index (χ0v) is 16.8. The summed E-state index contributed by atoms with van der Waals surface area (Å²) in [6.45, 7) is 0. The second-order valence-electron chi connectivity index (χ2n) is 6.92. The summed E-state index contributed by atoms with van der Waals surface area (Å²) in [6.07, 6.45) is 0.491. The summed E-state index contributed by atoms with van der Waals surface area (Å²) >= 11 is 0. The third kappa shape index (κ3) is 4.33. The van der Waals surface area contributed by atoms with E-state index in [1.54, 1.807) is 54.6 Å². The highest BCUT2D eigenvalue weighted by Crippen LogP contribution is 2.27. The molecule has 0 aliphatic carbocycles. The van der Waals surface area contributed by atoms with E-state index in [1.165, 1.54) is 0 Å². The maximum atomic E-state index is 12.6. The maximum Gasteiger partial charge on any atom is 0.182 e. The van der Waals surface area contributed by atoms with Gasteiger partial charge in [-0.25, -0.2) is 13.4 Å². The van der Waals surface area contributed by atoms with Crippen LogP contribution in [0, 0.1) is 0 Å². The molecule has 0 bridgehead atoms. The molecule has 4 N–H and O–H groups in total. The summed E-state index contributed by atoms with van der Waals surface area (Å²) in [7, 11) is -3.41. The Bertz CT molecular complexity index is 1270. The number of nitrogen functional groups attached to an aromatic ring is 2. The van der Waals surface area contributed by atoms with Crippen molar-refractivity contribution in [2.75, 3.05) is 11.5 Å². The molecule has 0 radical (unpaired) electrons. The second kappa shape index (κ2) is 8.00. The van der Waals surface area contributed by atoms with Crippen LogP contribution in [0.1, 0.15) is 16.8 Å². The van der Waals surface area contributed by atoms with Gasteiger partial charge in [0.25, 0.3) is 0 Å². The Balaban J connectivity index is 1.48. The zero-order chi connectivity index (χ0) is 21.1. The topological polar surface area (TPSA) is 125 Å². The number of sulfone groups is 1. The van der Waals surface area contributed by atoms with Gasteiger partial charge in [0.05, 0.1) is 21.9 Å². The molecule has 30 heavy (non-hydrogen) atoms. The Kier molecular flexibility index (Phi) is 5.24. The standard InChI is InChI=1S/C22H20N4O3S/c23-21-11-10-19(22(24)25-21)20-13-17(26-29-20)12-15-6-8-18(9-7-15)30(27,28)14-16-4-2-1-3-5-16/h1-11,13H,12,14H2,(H4,23,24,25). The Morgan fingerprint density at radius 1 is 0.867 bits per heavy atom. The van der Waals surface area contributed by atoms with Crippen LogP contribution in [-0.4, -0.2) is 18.6 Å². The van der Waals surface area contributed by atoms with E-state index < -0.39 is 9.84 Å². The van der Waals surface area contributed by atoms with Gasteiger partial charge in [0, 0.05) is 12.5 Å². The molecule has 4 aromatic rings. The summed E-state index contributed by atoms with van der Waals surface area (Å²) in [6, 6.07) is 21.1. The monoisotopic (exact) mass is 420 g/mol. The molecule has 0 aliphatic heterocycles. The molecule has 0 atom stereocenters. The number of nitrogens with two attached hydrogens (primary N) is 2. The minimum Gasteiger partial charge on any atom is -0.384 e. The molecule has 0 saturated carbocycles. The van der Waals surface area contributed by atoms with Gasteiger partial charge in [-0.05, 0) is 35.4 Å². The van der Waals surface area contributed by atoms with Crippen molar-refractivity contribution in [1.29, 1.82) is 0 Å². The smallest absolute Gasteiger partial charge is 0.182 e. The van der Waals surface area contributed by atoms with Crippen LogP contribution in [-0.2, 0) is 22.0 Å². The van der Waals surface area contributed by atoms with E-state index in [0.29, 0.717) is 29.3 Å². The lowest BCUT2D eigenvalue weighted by molar-refractivity contribution is 0.425. The highest BCUT2D eigenvalue weighted by Gasteiger charge is 2.16. The van der Waals surface area contributed by atoms with Gasteiger partial charge in [0.15, 0.2) is 15.6 Å². The Morgan fingerprint density at radius 2 is 1.60 bits per heavy atom. The lowest BCUT2D eigenvalue weighted by Crippen LogP contribution is -2.05.